The lowest BCUT2D eigenvalue weighted by atomic mass is 10.1. The Morgan fingerprint density at radius 2 is 2.10 bits per heavy atom. The van der Waals surface area contributed by atoms with Crippen LogP contribution in [0.2, 0.25) is 0 Å². The summed E-state index contributed by atoms with van der Waals surface area (Å²) < 4.78 is 44.4. The topological polar surface area (TPSA) is 21.3 Å². The zero-order chi connectivity index (χ0) is 15.2. The Kier molecular flexibility index (Phi) is 6.07. The van der Waals surface area contributed by atoms with E-state index in [1.165, 1.54) is 12.1 Å². The molecular formula is C15H20F3NO. The third-order valence-electron chi connectivity index (χ3n) is 2.75. The molecule has 1 N–H and O–H groups in total. The minimum Gasteiger partial charge on any atom is -0.486 e. The largest absolute Gasteiger partial charge is 0.486 e. The molecule has 1 aromatic carbocycles. The number of ether oxygens (including phenoxy) is 1. The summed E-state index contributed by atoms with van der Waals surface area (Å²) in [6.45, 7) is 8.33. The van der Waals surface area contributed by atoms with Crippen molar-refractivity contribution in [2.75, 3.05) is 6.54 Å². The fourth-order valence-corrected chi connectivity index (χ4v) is 1.67. The number of hydrogen-bond donors (Lipinski definition) is 1. The van der Waals surface area contributed by atoms with Crippen LogP contribution in [0.1, 0.15) is 31.4 Å². The highest BCUT2D eigenvalue weighted by Crippen LogP contribution is 2.37. The first-order chi connectivity index (χ1) is 9.38. The summed E-state index contributed by atoms with van der Waals surface area (Å²) in [4.78, 5) is 0. The van der Waals surface area contributed by atoms with Gasteiger partial charge in [0.1, 0.15) is 11.9 Å². The van der Waals surface area contributed by atoms with Gasteiger partial charge in [0.2, 0.25) is 0 Å². The molecule has 1 unspecified atom stereocenters. The van der Waals surface area contributed by atoms with Crippen LogP contribution in [0.25, 0.3) is 0 Å². The van der Waals surface area contributed by atoms with Crippen molar-refractivity contribution in [1.29, 1.82) is 0 Å². The predicted molar refractivity (Wildman–Crippen MR) is 73.7 cm³/mol. The van der Waals surface area contributed by atoms with E-state index in [1.54, 1.807) is 13.0 Å². The van der Waals surface area contributed by atoms with E-state index in [4.69, 9.17) is 4.74 Å². The molecule has 0 radical (unpaired) electrons. The van der Waals surface area contributed by atoms with Crippen LogP contribution in [0.4, 0.5) is 13.2 Å². The summed E-state index contributed by atoms with van der Waals surface area (Å²) in [5.41, 5.74) is -0.161. The van der Waals surface area contributed by atoms with Gasteiger partial charge in [0.25, 0.3) is 0 Å². The number of halogens is 3. The second kappa shape index (κ2) is 7.33. The maximum atomic E-state index is 13.0. The van der Waals surface area contributed by atoms with Gasteiger partial charge >= 0.3 is 6.18 Å². The van der Waals surface area contributed by atoms with Gasteiger partial charge in [-0.25, -0.2) is 0 Å². The van der Waals surface area contributed by atoms with Crippen LogP contribution in [-0.4, -0.2) is 12.6 Å². The first-order valence-electron chi connectivity index (χ1n) is 6.58. The van der Waals surface area contributed by atoms with Crippen molar-refractivity contribution < 1.29 is 17.9 Å². The van der Waals surface area contributed by atoms with E-state index < -0.39 is 17.8 Å². The Hall–Kier alpha value is -1.49. The van der Waals surface area contributed by atoms with Crippen molar-refractivity contribution in [2.45, 2.75) is 39.1 Å². The SMILES string of the molecule is C=CC(C)Oc1ccc(CNCCC)cc1C(F)(F)F. The average molecular weight is 287 g/mol. The van der Waals surface area contributed by atoms with Crippen LogP contribution in [0.3, 0.4) is 0 Å². The summed E-state index contributed by atoms with van der Waals surface area (Å²) in [7, 11) is 0. The zero-order valence-corrected chi connectivity index (χ0v) is 11.8. The van der Waals surface area contributed by atoms with E-state index in [0.29, 0.717) is 12.1 Å². The van der Waals surface area contributed by atoms with Crippen molar-refractivity contribution in [2.24, 2.45) is 0 Å². The van der Waals surface area contributed by atoms with Crippen LogP contribution >= 0.6 is 0 Å². The highest BCUT2D eigenvalue weighted by atomic mass is 19.4. The van der Waals surface area contributed by atoms with Crippen LogP contribution in [0.15, 0.2) is 30.9 Å². The molecule has 0 aliphatic heterocycles. The highest BCUT2D eigenvalue weighted by molar-refractivity contribution is 5.39. The van der Waals surface area contributed by atoms with Gasteiger partial charge in [-0.05, 0) is 37.6 Å². The summed E-state index contributed by atoms with van der Waals surface area (Å²) in [6, 6.07) is 4.14. The van der Waals surface area contributed by atoms with Crippen molar-refractivity contribution in [3.63, 3.8) is 0 Å². The quantitative estimate of drug-likeness (QED) is 0.600. The van der Waals surface area contributed by atoms with E-state index in [-0.39, 0.29) is 5.75 Å². The highest BCUT2D eigenvalue weighted by Gasteiger charge is 2.34. The smallest absolute Gasteiger partial charge is 0.419 e. The van der Waals surface area contributed by atoms with Gasteiger partial charge in [0, 0.05) is 6.54 Å². The molecular weight excluding hydrogens is 267 g/mol. The predicted octanol–water partition coefficient (Wildman–Crippen LogP) is 4.16. The van der Waals surface area contributed by atoms with Gasteiger partial charge in [-0.1, -0.05) is 25.6 Å². The standard InChI is InChI=1S/C15H20F3NO/c1-4-8-19-10-12-6-7-14(20-11(3)5-2)13(9-12)15(16,17)18/h5-7,9,11,19H,2,4,8,10H2,1,3H3. The molecule has 5 heteroatoms. The molecule has 20 heavy (non-hydrogen) atoms. The van der Waals surface area contributed by atoms with E-state index in [0.717, 1.165) is 19.0 Å². The monoisotopic (exact) mass is 287 g/mol. The Morgan fingerprint density at radius 1 is 1.40 bits per heavy atom. The van der Waals surface area contributed by atoms with Crippen LogP contribution in [0, 0.1) is 0 Å². The average Bonchev–Trinajstić information content (AvgIpc) is 2.39. The summed E-state index contributed by atoms with van der Waals surface area (Å²) in [5, 5.41) is 3.08. The van der Waals surface area contributed by atoms with E-state index >= 15 is 0 Å². The second-order valence-electron chi connectivity index (χ2n) is 4.56. The molecule has 0 saturated heterocycles. The Bertz CT molecular complexity index is 443. The molecule has 1 rings (SSSR count). The number of hydrogen-bond acceptors (Lipinski definition) is 2. The molecule has 2 nitrogen and oxygen atoms in total. The van der Waals surface area contributed by atoms with Gasteiger partial charge in [0.05, 0.1) is 5.56 Å². The van der Waals surface area contributed by atoms with E-state index in [1.807, 2.05) is 6.92 Å². The molecule has 0 aromatic heterocycles. The number of benzene rings is 1. The molecule has 0 spiro atoms. The number of nitrogens with one attached hydrogen (secondary N) is 1. The van der Waals surface area contributed by atoms with Crippen molar-refractivity contribution >= 4 is 0 Å². The van der Waals surface area contributed by atoms with E-state index in [9.17, 15) is 13.2 Å². The van der Waals surface area contributed by atoms with Gasteiger partial charge in [-0.2, -0.15) is 13.2 Å². The molecule has 0 amide bonds. The number of rotatable bonds is 7. The molecule has 0 aliphatic rings. The molecule has 0 bridgehead atoms. The Morgan fingerprint density at radius 3 is 2.65 bits per heavy atom. The molecule has 0 heterocycles. The third kappa shape index (κ3) is 4.89. The van der Waals surface area contributed by atoms with Gasteiger partial charge < -0.3 is 10.1 Å². The van der Waals surface area contributed by atoms with Crippen LogP contribution in [0.5, 0.6) is 5.75 Å². The molecule has 0 fully saturated rings. The van der Waals surface area contributed by atoms with Gasteiger partial charge in [0.15, 0.2) is 0 Å². The van der Waals surface area contributed by atoms with Crippen LogP contribution in [-0.2, 0) is 12.7 Å². The molecule has 0 saturated carbocycles. The summed E-state index contributed by atoms with van der Waals surface area (Å²) in [6.07, 6.45) is -2.52. The first-order valence-corrected chi connectivity index (χ1v) is 6.58. The third-order valence-corrected chi connectivity index (χ3v) is 2.75. The van der Waals surface area contributed by atoms with E-state index in [2.05, 4.69) is 11.9 Å². The normalized spacial score (nSPS) is 13.1. The number of alkyl halides is 3. The summed E-state index contributed by atoms with van der Waals surface area (Å²) in [5.74, 6) is -0.163. The van der Waals surface area contributed by atoms with Gasteiger partial charge in [-0.3, -0.25) is 0 Å². The minimum atomic E-state index is -4.43. The first kappa shape index (κ1) is 16.6. The Labute approximate surface area is 117 Å². The van der Waals surface area contributed by atoms with Crippen molar-refractivity contribution in [3.05, 3.63) is 42.0 Å². The van der Waals surface area contributed by atoms with Crippen molar-refractivity contribution in [1.82, 2.24) is 5.32 Å². The lowest BCUT2D eigenvalue weighted by molar-refractivity contribution is -0.139. The van der Waals surface area contributed by atoms with Crippen molar-refractivity contribution in [3.8, 4) is 5.75 Å². The lowest BCUT2D eigenvalue weighted by Gasteiger charge is -2.17. The Balaban J connectivity index is 2.98. The fraction of sp³-hybridized carbons (Fsp3) is 0.467. The van der Waals surface area contributed by atoms with Crippen LogP contribution < -0.4 is 10.1 Å². The summed E-state index contributed by atoms with van der Waals surface area (Å²) >= 11 is 0. The molecule has 112 valence electrons. The minimum absolute atomic E-state index is 0.163. The maximum Gasteiger partial charge on any atom is 0.419 e. The van der Waals surface area contributed by atoms with Gasteiger partial charge in [-0.15, -0.1) is 0 Å². The molecule has 1 atom stereocenters. The molecule has 0 aliphatic carbocycles. The lowest BCUT2D eigenvalue weighted by Crippen LogP contribution is -2.17. The second-order valence-corrected chi connectivity index (χ2v) is 4.56. The zero-order valence-electron chi connectivity index (χ0n) is 11.8. The maximum absolute atomic E-state index is 13.0. The fourth-order valence-electron chi connectivity index (χ4n) is 1.67. The molecule has 1 aromatic rings.